The van der Waals surface area contributed by atoms with Gasteiger partial charge in [-0.3, -0.25) is 0 Å². The Bertz CT molecular complexity index is 560. The molecule has 18 heavy (non-hydrogen) atoms. The third-order valence-corrected chi connectivity index (χ3v) is 5.03. The molecule has 0 aliphatic carbocycles. The zero-order valence-corrected chi connectivity index (χ0v) is 13.6. The normalized spacial score (nSPS) is 12.7. The van der Waals surface area contributed by atoms with Gasteiger partial charge in [-0.1, -0.05) is 33.6 Å². The van der Waals surface area contributed by atoms with Gasteiger partial charge in [-0.05, 0) is 51.1 Å². The number of hydrogen-bond acceptors (Lipinski definition) is 2. The molecule has 3 heteroatoms. The van der Waals surface area contributed by atoms with E-state index in [1.54, 1.807) is 0 Å². The summed E-state index contributed by atoms with van der Waals surface area (Å²) in [6, 6.07) is 9.03. The van der Waals surface area contributed by atoms with Crippen LogP contribution in [0.1, 0.15) is 32.5 Å². The zero-order chi connectivity index (χ0) is 13.3. The van der Waals surface area contributed by atoms with Crippen molar-refractivity contribution in [2.24, 2.45) is 0 Å². The first-order valence-corrected chi connectivity index (χ1v) is 7.64. The van der Waals surface area contributed by atoms with Gasteiger partial charge >= 0.3 is 0 Å². The second-order valence-electron chi connectivity index (χ2n) is 4.65. The number of aryl methyl sites for hydroxylation is 3. The molecule has 1 aromatic carbocycles. The van der Waals surface area contributed by atoms with Crippen LogP contribution in [0, 0.1) is 20.8 Å². The Hall–Kier alpha value is -0.640. The lowest BCUT2D eigenvalue weighted by molar-refractivity contribution is 0.697. The van der Waals surface area contributed by atoms with Crippen molar-refractivity contribution in [2.75, 3.05) is 7.05 Å². The van der Waals surface area contributed by atoms with E-state index in [0.717, 1.165) is 4.47 Å². The highest BCUT2D eigenvalue weighted by Crippen LogP contribution is 2.35. The van der Waals surface area contributed by atoms with Crippen molar-refractivity contribution in [3.05, 3.63) is 55.2 Å². The molecule has 1 nitrogen and oxygen atoms in total. The maximum absolute atomic E-state index is 3.67. The summed E-state index contributed by atoms with van der Waals surface area (Å²) >= 11 is 5.54. The Kier molecular flexibility index (Phi) is 4.25. The molecule has 0 bridgehead atoms. The Morgan fingerprint density at radius 3 is 2.44 bits per heavy atom. The van der Waals surface area contributed by atoms with Gasteiger partial charge in [0.1, 0.15) is 0 Å². The largest absolute Gasteiger partial charge is 0.309 e. The molecule has 0 radical (unpaired) electrons. The molecule has 1 atom stereocenters. The predicted molar refractivity (Wildman–Crippen MR) is 83.6 cm³/mol. The van der Waals surface area contributed by atoms with E-state index in [1.807, 2.05) is 18.4 Å². The Balaban J connectivity index is 2.51. The van der Waals surface area contributed by atoms with Crippen LogP contribution in [0.2, 0.25) is 0 Å². The standard InChI is InChI=1S/C15H18BrNS/c1-9-5-6-13(16)12(7-9)14(17-4)15-10(2)8-11(3)18-15/h5-8,14,17H,1-4H3. The van der Waals surface area contributed by atoms with Crippen molar-refractivity contribution in [2.45, 2.75) is 26.8 Å². The molecule has 1 unspecified atom stereocenters. The highest BCUT2D eigenvalue weighted by molar-refractivity contribution is 9.10. The lowest BCUT2D eigenvalue weighted by Gasteiger charge is -2.18. The van der Waals surface area contributed by atoms with Gasteiger partial charge in [0, 0.05) is 14.2 Å². The first-order chi connectivity index (χ1) is 8.52. The van der Waals surface area contributed by atoms with Gasteiger partial charge in [-0.15, -0.1) is 11.3 Å². The van der Waals surface area contributed by atoms with Gasteiger partial charge < -0.3 is 5.32 Å². The first kappa shape index (κ1) is 13.8. The summed E-state index contributed by atoms with van der Waals surface area (Å²) in [5, 5.41) is 3.44. The third-order valence-electron chi connectivity index (χ3n) is 3.09. The van der Waals surface area contributed by atoms with Crippen molar-refractivity contribution in [1.29, 1.82) is 0 Å². The monoisotopic (exact) mass is 323 g/mol. The molecule has 1 aromatic heterocycles. The summed E-state index contributed by atoms with van der Waals surface area (Å²) in [4.78, 5) is 2.77. The number of rotatable bonds is 3. The molecular weight excluding hydrogens is 306 g/mol. The van der Waals surface area contributed by atoms with Gasteiger partial charge in [0.15, 0.2) is 0 Å². The van der Waals surface area contributed by atoms with Crippen molar-refractivity contribution in [1.82, 2.24) is 5.32 Å². The number of nitrogens with one attached hydrogen (secondary N) is 1. The third kappa shape index (κ3) is 2.68. The molecule has 1 N–H and O–H groups in total. The average molecular weight is 324 g/mol. The summed E-state index contributed by atoms with van der Waals surface area (Å²) in [5.74, 6) is 0. The van der Waals surface area contributed by atoms with E-state index in [0.29, 0.717) is 0 Å². The van der Waals surface area contributed by atoms with Gasteiger partial charge in [-0.2, -0.15) is 0 Å². The van der Waals surface area contributed by atoms with E-state index in [9.17, 15) is 0 Å². The fourth-order valence-corrected chi connectivity index (χ4v) is 3.90. The SMILES string of the molecule is CNC(c1cc(C)ccc1Br)c1sc(C)cc1C. The molecule has 0 saturated carbocycles. The average Bonchev–Trinajstić information content (AvgIpc) is 2.64. The number of hydrogen-bond donors (Lipinski definition) is 1. The van der Waals surface area contributed by atoms with Crippen LogP contribution in [0.15, 0.2) is 28.7 Å². The minimum absolute atomic E-state index is 0.262. The minimum atomic E-state index is 0.262. The molecule has 0 aliphatic heterocycles. The van der Waals surface area contributed by atoms with Crippen LogP contribution in [0.4, 0.5) is 0 Å². The van der Waals surface area contributed by atoms with Crippen molar-refractivity contribution < 1.29 is 0 Å². The summed E-state index contributed by atoms with van der Waals surface area (Å²) in [5.41, 5.74) is 3.96. The van der Waals surface area contributed by atoms with E-state index in [4.69, 9.17) is 0 Å². The summed E-state index contributed by atoms with van der Waals surface area (Å²) in [6.07, 6.45) is 0. The van der Waals surface area contributed by atoms with Crippen LogP contribution in [-0.4, -0.2) is 7.05 Å². The van der Waals surface area contributed by atoms with E-state index in [-0.39, 0.29) is 6.04 Å². The van der Waals surface area contributed by atoms with Crippen LogP contribution in [0.3, 0.4) is 0 Å². The van der Waals surface area contributed by atoms with Gasteiger partial charge in [-0.25, -0.2) is 0 Å². The Labute approximate surface area is 121 Å². The smallest absolute Gasteiger partial charge is 0.0682 e. The van der Waals surface area contributed by atoms with Crippen molar-refractivity contribution in [3.8, 4) is 0 Å². The van der Waals surface area contributed by atoms with Crippen LogP contribution in [-0.2, 0) is 0 Å². The maximum atomic E-state index is 3.67. The summed E-state index contributed by atoms with van der Waals surface area (Å²) in [6.45, 7) is 6.49. The summed E-state index contributed by atoms with van der Waals surface area (Å²) < 4.78 is 1.16. The second kappa shape index (κ2) is 5.55. The number of benzene rings is 1. The molecule has 2 aromatic rings. The van der Waals surface area contributed by atoms with Crippen molar-refractivity contribution in [3.63, 3.8) is 0 Å². The predicted octanol–water partition coefficient (Wildman–Crippen LogP) is 4.74. The number of halogens is 1. The fraction of sp³-hybridized carbons (Fsp3) is 0.333. The lowest BCUT2D eigenvalue weighted by atomic mass is 10.0. The van der Waals surface area contributed by atoms with Gasteiger partial charge in [0.2, 0.25) is 0 Å². The first-order valence-electron chi connectivity index (χ1n) is 6.03. The lowest BCUT2D eigenvalue weighted by Crippen LogP contribution is -2.18. The maximum Gasteiger partial charge on any atom is 0.0682 e. The molecular formula is C15H18BrNS. The summed E-state index contributed by atoms with van der Waals surface area (Å²) in [7, 11) is 2.02. The topological polar surface area (TPSA) is 12.0 Å². The van der Waals surface area contributed by atoms with E-state index < -0.39 is 0 Å². The molecule has 0 saturated heterocycles. The molecule has 0 spiro atoms. The second-order valence-corrected chi connectivity index (χ2v) is 6.79. The quantitative estimate of drug-likeness (QED) is 0.859. The minimum Gasteiger partial charge on any atom is -0.309 e. The molecule has 0 fully saturated rings. The number of thiophene rings is 1. The van der Waals surface area contributed by atoms with Gasteiger partial charge in [0.25, 0.3) is 0 Å². The Morgan fingerprint density at radius 2 is 1.89 bits per heavy atom. The van der Waals surface area contributed by atoms with Crippen LogP contribution in [0.25, 0.3) is 0 Å². The zero-order valence-electron chi connectivity index (χ0n) is 11.2. The molecule has 1 heterocycles. The van der Waals surface area contributed by atoms with Crippen LogP contribution >= 0.6 is 27.3 Å². The highest BCUT2D eigenvalue weighted by atomic mass is 79.9. The molecule has 0 amide bonds. The van der Waals surface area contributed by atoms with Crippen LogP contribution in [0.5, 0.6) is 0 Å². The van der Waals surface area contributed by atoms with Gasteiger partial charge in [0.05, 0.1) is 6.04 Å². The fourth-order valence-electron chi connectivity index (χ4n) is 2.26. The van der Waals surface area contributed by atoms with E-state index in [1.165, 1.54) is 26.4 Å². The molecule has 0 aliphatic rings. The van der Waals surface area contributed by atoms with E-state index in [2.05, 4.69) is 66.3 Å². The van der Waals surface area contributed by atoms with Crippen LogP contribution < -0.4 is 5.32 Å². The highest BCUT2D eigenvalue weighted by Gasteiger charge is 2.19. The van der Waals surface area contributed by atoms with E-state index >= 15 is 0 Å². The molecule has 96 valence electrons. The molecule has 2 rings (SSSR count). The Morgan fingerprint density at radius 1 is 1.17 bits per heavy atom. The van der Waals surface area contributed by atoms with Crippen molar-refractivity contribution >= 4 is 27.3 Å².